The second kappa shape index (κ2) is 17.1. The first kappa shape index (κ1) is 36.3. The van der Waals surface area contributed by atoms with Gasteiger partial charge in [-0.2, -0.15) is 0 Å². The molecule has 0 saturated heterocycles. The van der Waals surface area contributed by atoms with Gasteiger partial charge in [0.1, 0.15) is 23.0 Å². The van der Waals surface area contributed by atoms with Crippen molar-refractivity contribution in [2.45, 2.75) is 79.1 Å². The molecule has 0 aromatic heterocycles. The zero-order chi connectivity index (χ0) is 35.6. The number of fused-ring (bicyclic) bond motifs is 8. The Hall–Kier alpha value is -4.98. The first-order valence-electron chi connectivity index (χ1n) is 17.8. The molecule has 0 fully saturated rings. The summed E-state index contributed by atoms with van der Waals surface area (Å²) in [6.07, 6.45) is 4.53. The molecule has 4 aromatic carbocycles. The van der Waals surface area contributed by atoms with Gasteiger partial charge in [-0.1, -0.05) is 39.8 Å². The molecule has 1 aliphatic rings. The Morgan fingerprint density at radius 1 is 0.440 bits per heavy atom. The van der Waals surface area contributed by atoms with Crippen LogP contribution in [-0.4, -0.2) is 48.6 Å². The van der Waals surface area contributed by atoms with Crippen LogP contribution in [0.15, 0.2) is 60.7 Å². The van der Waals surface area contributed by atoms with Gasteiger partial charge in [0, 0.05) is 0 Å². The van der Waals surface area contributed by atoms with E-state index in [1.807, 2.05) is 88.4 Å². The zero-order valence-corrected chi connectivity index (χ0v) is 29.6. The Morgan fingerprint density at radius 3 is 0.900 bits per heavy atom. The number of carboxylic acids is 2. The molecule has 8 bridgehead atoms. The summed E-state index contributed by atoms with van der Waals surface area (Å²) in [4.78, 5) is 26.1. The molecule has 0 saturated carbocycles. The van der Waals surface area contributed by atoms with E-state index in [4.69, 9.17) is 18.9 Å². The van der Waals surface area contributed by atoms with Gasteiger partial charge in [-0.15, -0.1) is 0 Å². The van der Waals surface area contributed by atoms with Crippen LogP contribution >= 0.6 is 0 Å². The zero-order valence-electron chi connectivity index (χ0n) is 29.6. The summed E-state index contributed by atoms with van der Waals surface area (Å²) in [5.41, 5.74) is 6.46. The minimum atomic E-state index is -1.00. The molecule has 0 atom stereocenters. The van der Waals surface area contributed by atoms with E-state index in [0.717, 1.165) is 47.9 Å². The Labute approximate surface area is 295 Å². The van der Waals surface area contributed by atoms with Crippen LogP contribution in [0.4, 0.5) is 0 Å². The van der Waals surface area contributed by atoms with Crippen LogP contribution in [0.5, 0.6) is 23.0 Å². The van der Waals surface area contributed by atoms with Gasteiger partial charge in [0.25, 0.3) is 0 Å². The molecule has 1 aliphatic carbocycles. The molecule has 4 aromatic rings. The quantitative estimate of drug-likeness (QED) is 0.120. The van der Waals surface area contributed by atoms with Gasteiger partial charge in [-0.3, -0.25) is 0 Å². The number of aromatic carboxylic acids is 2. The van der Waals surface area contributed by atoms with E-state index in [0.29, 0.717) is 97.4 Å². The number of benzene rings is 4. The minimum Gasteiger partial charge on any atom is -0.494 e. The van der Waals surface area contributed by atoms with Crippen LogP contribution in [-0.2, 0) is 25.7 Å². The predicted molar refractivity (Wildman–Crippen MR) is 194 cm³/mol. The van der Waals surface area contributed by atoms with Crippen LogP contribution in [0.1, 0.15) is 119 Å². The number of carbonyl (C=O) groups is 2. The fourth-order valence-electron chi connectivity index (χ4n) is 6.54. The summed E-state index contributed by atoms with van der Waals surface area (Å²) < 4.78 is 24.4. The van der Waals surface area contributed by atoms with Crippen molar-refractivity contribution in [1.82, 2.24) is 0 Å². The van der Waals surface area contributed by atoms with Crippen molar-refractivity contribution in [3.8, 4) is 23.0 Å². The molecule has 8 heteroatoms. The third-order valence-corrected chi connectivity index (χ3v) is 8.50. The van der Waals surface area contributed by atoms with E-state index in [1.165, 1.54) is 0 Å². The standard InChI is InChI=1S/C42H48O8/c1-5-9-47-35-19-27-13-28(20-35)16-32-24-38(50-12-8-4)26-34(40(32)42(45)46)18-30-14-29(21-36(22-30)48-10-6-2)17-33-25-37(49-11-7-3)23-31(15-27)39(33)41(43)44/h13-14,19-26H,5-12,15-18H2,1-4H3,(H,43,44)(H,45,46). The summed E-state index contributed by atoms with van der Waals surface area (Å²) in [7, 11) is 0. The Balaban J connectivity index is 1.79. The predicted octanol–water partition coefficient (Wildman–Crippen LogP) is 8.91. The minimum absolute atomic E-state index is 0.250. The molecule has 8 nitrogen and oxygen atoms in total. The molecule has 5 rings (SSSR count). The Kier molecular flexibility index (Phi) is 12.4. The molecule has 0 radical (unpaired) electrons. The molecule has 2 N–H and O–H groups in total. The maximum atomic E-state index is 13.0. The third kappa shape index (κ3) is 9.17. The first-order valence-corrected chi connectivity index (χ1v) is 17.8. The maximum absolute atomic E-state index is 13.0. The van der Waals surface area contributed by atoms with Gasteiger partial charge in [0.2, 0.25) is 0 Å². The highest BCUT2D eigenvalue weighted by atomic mass is 16.5. The molecule has 0 spiro atoms. The molecular formula is C42H48O8. The van der Waals surface area contributed by atoms with Gasteiger partial charge in [0.15, 0.2) is 0 Å². The van der Waals surface area contributed by atoms with Crippen molar-refractivity contribution >= 4 is 11.9 Å². The topological polar surface area (TPSA) is 112 Å². The van der Waals surface area contributed by atoms with Crippen molar-refractivity contribution in [3.05, 3.63) is 116 Å². The Morgan fingerprint density at radius 2 is 0.680 bits per heavy atom. The monoisotopic (exact) mass is 680 g/mol. The van der Waals surface area contributed by atoms with Gasteiger partial charge in [0.05, 0.1) is 37.6 Å². The molecule has 0 heterocycles. The highest BCUT2D eigenvalue weighted by Crippen LogP contribution is 2.34. The SMILES string of the molecule is CCCOc1cc2cc(c1)Cc1cc(OCCC)cc(c1C(=O)O)Cc1cc(cc(OCCC)c1)Cc1cc(OCCC)cc(c1C(=O)O)C2. The lowest BCUT2D eigenvalue weighted by Crippen LogP contribution is -2.12. The smallest absolute Gasteiger partial charge is 0.336 e. The number of rotatable bonds is 14. The van der Waals surface area contributed by atoms with Crippen molar-refractivity contribution in [3.63, 3.8) is 0 Å². The summed E-state index contributed by atoms with van der Waals surface area (Å²) >= 11 is 0. The number of carboxylic acid groups (broad SMARTS) is 2. The van der Waals surface area contributed by atoms with Crippen LogP contribution in [0, 0.1) is 0 Å². The lowest BCUT2D eigenvalue weighted by Gasteiger charge is -2.20. The van der Waals surface area contributed by atoms with Crippen LogP contribution in [0.2, 0.25) is 0 Å². The van der Waals surface area contributed by atoms with Crippen molar-refractivity contribution in [2.24, 2.45) is 0 Å². The van der Waals surface area contributed by atoms with Crippen LogP contribution in [0.25, 0.3) is 0 Å². The summed E-state index contributed by atoms with van der Waals surface area (Å²) in [5, 5.41) is 21.3. The van der Waals surface area contributed by atoms with Crippen molar-refractivity contribution < 1.29 is 38.7 Å². The third-order valence-electron chi connectivity index (χ3n) is 8.50. The lowest BCUT2D eigenvalue weighted by atomic mass is 9.88. The fraction of sp³-hybridized carbons (Fsp3) is 0.381. The summed E-state index contributed by atoms with van der Waals surface area (Å²) in [6, 6.07) is 19.1. The number of hydrogen-bond donors (Lipinski definition) is 2. The average molecular weight is 681 g/mol. The van der Waals surface area contributed by atoms with E-state index in [2.05, 4.69) is 0 Å². The molecule has 0 aliphatic heterocycles. The van der Waals surface area contributed by atoms with Gasteiger partial charge < -0.3 is 29.2 Å². The van der Waals surface area contributed by atoms with E-state index >= 15 is 0 Å². The largest absolute Gasteiger partial charge is 0.494 e. The molecule has 0 unspecified atom stereocenters. The number of ether oxygens (including phenoxy) is 4. The van der Waals surface area contributed by atoms with Gasteiger partial charge in [-0.05, 0) is 144 Å². The van der Waals surface area contributed by atoms with Crippen molar-refractivity contribution in [2.75, 3.05) is 26.4 Å². The molecular weight excluding hydrogens is 632 g/mol. The van der Waals surface area contributed by atoms with Crippen molar-refractivity contribution in [1.29, 1.82) is 0 Å². The van der Waals surface area contributed by atoms with Gasteiger partial charge >= 0.3 is 11.9 Å². The summed E-state index contributed by atoms with van der Waals surface area (Å²) in [5.74, 6) is 0.552. The average Bonchev–Trinajstić information content (AvgIpc) is 3.07. The summed E-state index contributed by atoms with van der Waals surface area (Å²) in [6.45, 7) is 10.2. The van der Waals surface area contributed by atoms with Crippen LogP contribution in [0.3, 0.4) is 0 Å². The lowest BCUT2D eigenvalue weighted by molar-refractivity contribution is 0.0683. The molecule has 264 valence electrons. The second-order valence-electron chi connectivity index (χ2n) is 12.9. The van der Waals surface area contributed by atoms with E-state index in [9.17, 15) is 19.8 Å². The molecule has 0 amide bonds. The highest BCUT2D eigenvalue weighted by Gasteiger charge is 2.23. The second-order valence-corrected chi connectivity index (χ2v) is 12.9. The van der Waals surface area contributed by atoms with E-state index < -0.39 is 11.9 Å². The fourth-order valence-corrected chi connectivity index (χ4v) is 6.54. The molecule has 50 heavy (non-hydrogen) atoms. The highest BCUT2D eigenvalue weighted by molar-refractivity contribution is 5.92. The Bertz CT molecular complexity index is 1600. The number of hydrogen-bond acceptors (Lipinski definition) is 6. The van der Waals surface area contributed by atoms with Gasteiger partial charge in [-0.25, -0.2) is 9.59 Å². The van der Waals surface area contributed by atoms with E-state index in [1.54, 1.807) is 0 Å². The first-order chi connectivity index (χ1) is 24.2. The normalized spacial score (nSPS) is 12.2. The van der Waals surface area contributed by atoms with Crippen LogP contribution < -0.4 is 18.9 Å². The maximum Gasteiger partial charge on any atom is 0.336 e. The van der Waals surface area contributed by atoms with E-state index in [-0.39, 0.29) is 11.1 Å².